The van der Waals surface area contributed by atoms with Crippen LogP contribution in [0.3, 0.4) is 0 Å². The average molecular weight is 187 g/mol. The van der Waals surface area contributed by atoms with Gasteiger partial charge in [-0.2, -0.15) is 0 Å². The summed E-state index contributed by atoms with van der Waals surface area (Å²) in [5.74, 6) is -0.771. The SMILES string of the molecule is Cc1cc(O)c(O)c(Cl)c1C=O. The van der Waals surface area contributed by atoms with Gasteiger partial charge in [0.25, 0.3) is 0 Å². The number of benzene rings is 1. The Kier molecular flexibility index (Phi) is 2.24. The molecular formula is C8H7ClO3. The van der Waals surface area contributed by atoms with E-state index in [1.54, 1.807) is 6.92 Å². The van der Waals surface area contributed by atoms with Crippen molar-refractivity contribution in [3.8, 4) is 11.5 Å². The maximum absolute atomic E-state index is 10.4. The molecule has 1 aromatic rings. The molecule has 0 radical (unpaired) electrons. The second-order valence-corrected chi connectivity index (χ2v) is 2.78. The van der Waals surface area contributed by atoms with E-state index in [4.69, 9.17) is 21.8 Å². The summed E-state index contributed by atoms with van der Waals surface area (Å²) in [4.78, 5) is 10.4. The van der Waals surface area contributed by atoms with Crippen LogP contribution in [0.1, 0.15) is 15.9 Å². The first kappa shape index (κ1) is 8.87. The van der Waals surface area contributed by atoms with E-state index >= 15 is 0 Å². The Bertz CT molecular complexity index is 334. The Morgan fingerprint density at radius 3 is 2.58 bits per heavy atom. The van der Waals surface area contributed by atoms with Crippen molar-refractivity contribution in [3.63, 3.8) is 0 Å². The summed E-state index contributed by atoms with van der Waals surface area (Å²) in [6.07, 6.45) is 0.539. The van der Waals surface area contributed by atoms with Gasteiger partial charge in [0.2, 0.25) is 0 Å². The van der Waals surface area contributed by atoms with Gasteiger partial charge in [0, 0.05) is 5.56 Å². The fraction of sp³-hybridized carbons (Fsp3) is 0.125. The summed E-state index contributed by atoms with van der Waals surface area (Å²) in [5, 5.41) is 18.0. The van der Waals surface area contributed by atoms with Crippen molar-refractivity contribution >= 4 is 17.9 Å². The molecule has 3 nitrogen and oxygen atoms in total. The van der Waals surface area contributed by atoms with Crippen LogP contribution in [0.15, 0.2) is 6.07 Å². The number of phenolic OH excluding ortho intramolecular Hbond substituents is 2. The summed E-state index contributed by atoms with van der Waals surface area (Å²) in [6.45, 7) is 1.62. The molecule has 0 aliphatic heterocycles. The first-order chi connectivity index (χ1) is 5.57. The van der Waals surface area contributed by atoms with Crippen LogP contribution in [-0.4, -0.2) is 16.5 Å². The van der Waals surface area contributed by atoms with Gasteiger partial charge in [-0.05, 0) is 18.6 Å². The molecule has 0 atom stereocenters. The van der Waals surface area contributed by atoms with E-state index in [1.807, 2.05) is 0 Å². The monoisotopic (exact) mass is 186 g/mol. The minimum atomic E-state index is -0.454. The molecule has 0 bridgehead atoms. The highest BCUT2D eigenvalue weighted by Gasteiger charge is 2.12. The lowest BCUT2D eigenvalue weighted by atomic mass is 10.1. The predicted molar refractivity (Wildman–Crippen MR) is 44.9 cm³/mol. The molecule has 0 aliphatic rings. The summed E-state index contributed by atoms with van der Waals surface area (Å²) >= 11 is 5.56. The third-order valence-electron chi connectivity index (χ3n) is 1.58. The fourth-order valence-corrected chi connectivity index (χ4v) is 1.20. The Hall–Kier alpha value is -1.22. The summed E-state index contributed by atoms with van der Waals surface area (Å²) in [6, 6.07) is 1.28. The first-order valence-electron chi connectivity index (χ1n) is 3.24. The average Bonchev–Trinajstić information content (AvgIpc) is 2.01. The molecule has 0 aliphatic carbocycles. The number of rotatable bonds is 1. The fourth-order valence-electron chi connectivity index (χ4n) is 0.909. The van der Waals surface area contributed by atoms with Crippen molar-refractivity contribution in [2.24, 2.45) is 0 Å². The summed E-state index contributed by atoms with van der Waals surface area (Å²) < 4.78 is 0. The molecule has 64 valence electrons. The molecule has 2 N–H and O–H groups in total. The van der Waals surface area contributed by atoms with Crippen LogP contribution in [0.25, 0.3) is 0 Å². The van der Waals surface area contributed by atoms with Crippen LogP contribution >= 0.6 is 11.6 Å². The molecule has 0 saturated carbocycles. The quantitative estimate of drug-likeness (QED) is 0.520. The smallest absolute Gasteiger partial charge is 0.177 e. The zero-order valence-electron chi connectivity index (χ0n) is 6.34. The Labute approximate surface area is 74.2 Å². The molecular weight excluding hydrogens is 180 g/mol. The highest BCUT2D eigenvalue weighted by Crippen LogP contribution is 2.36. The predicted octanol–water partition coefficient (Wildman–Crippen LogP) is 1.87. The molecule has 0 spiro atoms. The van der Waals surface area contributed by atoms with Gasteiger partial charge >= 0.3 is 0 Å². The van der Waals surface area contributed by atoms with Gasteiger partial charge < -0.3 is 10.2 Å². The van der Waals surface area contributed by atoms with Crippen LogP contribution < -0.4 is 0 Å². The van der Waals surface area contributed by atoms with Crippen LogP contribution in [0.5, 0.6) is 11.5 Å². The molecule has 0 heterocycles. The van der Waals surface area contributed by atoms with Crippen LogP contribution in [-0.2, 0) is 0 Å². The van der Waals surface area contributed by atoms with Crippen molar-refractivity contribution in [2.45, 2.75) is 6.92 Å². The molecule has 0 fully saturated rings. The topological polar surface area (TPSA) is 57.5 Å². The number of phenols is 2. The largest absolute Gasteiger partial charge is 0.504 e. The minimum Gasteiger partial charge on any atom is -0.504 e. The lowest BCUT2D eigenvalue weighted by molar-refractivity contribution is 0.112. The van der Waals surface area contributed by atoms with E-state index in [0.717, 1.165) is 0 Å². The highest BCUT2D eigenvalue weighted by atomic mass is 35.5. The lowest BCUT2D eigenvalue weighted by Crippen LogP contribution is -1.88. The first-order valence-corrected chi connectivity index (χ1v) is 3.62. The van der Waals surface area contributed by atoms with Gasteiger partial charge in [0.05, 0.1) is 5.02 Å². The van der Waals surface area contributed by atoms with E-state index < -0.39 is 5.75 Å². The molecule has 0 unspecified atom stereocenters. The molecule has 4 heteroatoms. The standard InChI is InChI=1S/C8H7ClO3/c1-4-2-6(11)8(12)7(9)5(4)3-10/h2-3,11-12H,1H3. The van der Waals surface area contributed by atoms with Gasteiger partial charge in [-0.15, -0.1) is 0 Å². The lowest BCUT2D eigenvalue weighted by Gasteiger charge is -2.05. The maximum atomic E-state index is 10.4. The molecule has 0 amide bonds. The van der Waals surface area contributed by atoms with E-state index in [2.05, 4.69) is 0 Å². The Morgan fingerprint density at radius 2 is 2.08 bits per heavy atom. The van der Waals surface area contributed by atoms with Crippen molar-refractivity contribution in [1.29, 1.82) is 0 Å². The zero-order valence-corrected chi connectivity index (χ0v) is 7.09. The highest BCUT2D eigenvalue weighted by molar-refractivity contribution is 6.34. The van der Waals surface area contributed by atoms with Crippen molar-refractivity contribution in [2.75, 3.05) is 0 Å². The second-order valence-electron chi connectivity index (χ2n) is 2.41. The number of hydrogen-bond donors (Lipinski definition) is 2. The van der Waals surface area contributed by atoms with E-state index in [1.165, 1.54) is 6.07 Å². The van der Waals surface area contributed by atoms with Crippen molar-refractivity contribution in [3.05, 3.63) is 22.2 Å². The van der Waals surface area contributed by atoms with Crippen LogP contribution in [0.4, 0.5) is 0 Å². The Balaban J connectivity index is 3.51. The molecule has 0 aromatic heterocycles. The van der Waals surface area contributed by atoms with Crippen LogP contribution in [0.2, 0.25) is 5.02 Å². The number of carbonyl (C=O) groups excluding carboxylic acids is 1. The molecule has 1 rings (SSSR count). The van der Waals surface area contributed by atoms with Crippen molar-refractivity contribution < 1.29 is 15.0 Å². The normalized spacial score (nSPS) is 9.83. The number of halogens is 1. The van der Waals surface area contributed by atoms with Gasteiger partial charge in [-0.25, -0.2) is 0 Å². The minimum absolute atomic E-state index is 0.109. The third-order valence-corrected chi connectivity index (χ3v) is 1.97. The number of aromatic hydroxyl groups is 2. The maximum Gasteiger partial charge on any atom is 0.177 e. The zero-order chi connectivity index (χ0) is 9.30. The molecule has 12 heavy (non-hydrogen) atoms. The number of carbonyl (C=O) groups is 1. The van der Waals surface area contributed by atoms with Gasteiger partial charge in [-0.1, -0.05) is 11.6 Å². The molecule has 0 saturated heterocycles. The van der Waals surface area contributed by atoms with Gasteiger partial charge in [-0.3, -0.25) is 4.79 Å². The number of hydrogen-bond acceptors (Lipinski definition) is 3. The summed E-state index contributed by atoms with van der Waals surface area (Å²) in [7, 11) is 0. The van der Waals surface area contributed by atoms with E-state index in [9.17, 15) is 4.79 Å². The third kappa shape index (κ3) is 1.23. The molecule has 1 aromatic carbocycles. The second kappa shape index (κ2) is 3.03. The van der Waals surface area contributed by atoms with Crippen LogP contribution in [0, 0.1) is 6.92 Å². The van der Waals surface area contributed by atoms with Gasteiger partial charge in [0.15, 0.2) is 17.8 Å². The Morgan fingerprint density at radius 1 is 1.50 bits per heavy atom. The number of aldehydes is 1. The summed E-state index contributed by atoms with van der Waals surface area (Å²) in [5.41, 5.74) is 0.734. The number of aryl methyl sites for hydroxylation is 1. The van der Waals surface area contributed by atoms with E-state index in [-0.39, 0.29) is 16.3 Å². The van der Waals surface area contributed by atoms with E-state index in [0.29, 0.717) is 11.8 Å². The van der Waals surface area contributed by atoms with Crippen molar-refractivity contribution in [1.82, 2.24) is 0 Å². The van der Waals surface area contributed by atoms with Gasteiger partial charge in [0.1, 0.15) is 0 Å².